The Bertz CT molecular complexity index is 468. The Hall–Kier alpha value is -0.430. The number of anilines is 1. The van der Waals surface area contributed by atoms with E-state index in [-0.39, 0.29) is 5.60 Å². The normalized spacial score (nSPS) is 27.5. The summed E-state index contributed by atoms with van der Waals surface area (Å²) in [6.45, 7) is 2.93. The summed E-state index contributed by atoms with van der Waals surface area (Å²) in [6, 6.07) is 0. The average molecular weight is 359 g/mol. The zero-order valence-electron chi connectivity index (χ0n) is 10.8. The highest BCUT2D eigenvalue weighted by Crippen LogP contribution is 2.44. The fourth-order valence-electron chi connectivity index (χ4n) is 2.45. The smallest absolute Gasteiger partial charge is 0.162 e. The van der Waals surface area contributed by atoms with Crippen LogP contribution in [0, 0.1) is 3.57 Å². The van der Waals surface area contributed by atoms with Gasteiger partial charge in [-0.05, 0) is 55.2 Å². The molecule has 1 aromatic heterocycles. The van der Waals surface area contributed by atoms with Crippen LogP contribution in [0.15, 0.2) is 0 Å². The molecule has 2 heterocycles. The van der Waals surface area contributed by atoms with E-state index in [0.717, 1.165) is 31.1 Å². The van der Waals surface area contributed by atoms with E-state index in [4.69, 9.17) is 9.72 Å². The van der Waals surface area contributed by atoms with Crippen LogP contribution < -0.4 is 5.32 Å². The molecule has 5 heteroatoms. The van der Waals surface area contributed by atoms with Gasteiger partial charge in [0.2, 0.25) is 0 Å². The zero-order valence-corrected chi connectivity index (χ0v) is 13.0. The largest absolute Gasteiger partial charge is 0.372 e. The van der Waals surface area contributed by atoms with Crippen molar-refractivity contribution in [3.05, 3.63) is 15.1 Å². The van der Waals surface area contributed by atoms with E-state index in [9.17, 15) is 0 Å². The molecule has 0 spiro atoms. The van der Waals surface area contributed by atoms with Gasteiger partial charge in [0.25, 0.3) is 0 Å². The van der Waals surface area contributed by atoms with E-state index in [1.54, 1.807) is 0 Å². The summed E-state index contributed by atoms with van der Waals surface area (Å²) < 4.78 is 7.04. The van der Waals surface area contributed by atoms with Gasteiger partial charge in [-0.25, -0.2) is 9.97 Å². The van der Waals surface area contributed by atoms with Gasteiger partial charge in [-0.3, -0.25) is 0 Å². The molecule has 1 saturated heterocycles. The topological polar surface area (TPSA) is 47.0 Å². The van der Waals surface area contributed by atoms with Crippen molar-refractivity contribution < 1.29 is 4.74 Å². The molecule has 0 radical (unpaired) electrons. The van der Waals surface area contributed by atoms with Gasteiger partial charge >= 0.3 is 0 Å². The molecule has 3 rings (SSSR count). The Labute approximate surface area is 121 Å². The lowest BCUT2D eigenvalue weighted by atomic mass is 10.0. The third-order valence-corrected chi connectivity index (χ3v) is 4.83. The molecule has 1 atom stereocenters. The van der Waals surface area contributed by atoms with Crippen LogP contribution >= 0.6 is 22.6 Å². The van der Waals surface area contributed by atoms with E-state index in [1.165, 1.54) is 22.1 Å². The third-order valence-electron chi connectivity index (χ3n) is 3.77. The Morgan fingerprint density at radius 1 is 1.39 bits per heavy atom. The third kappa shape index (κ3) is 2.11. The summed E-state index contributed by atoms with van der Waals surface area (Å²) in [7, 11) is 1.92. The maximum atomic E-state index is 5.87. The summed E-state index contributed by atoms with van der Waals surface area (Å²) in [5, 5.41) is 3.19. The molecule has 1 aliphatic carbocycles. The van der Waals surface area contributed by atoms with Crippen molar-refractivity contribution in [1.29, 1.82) is 0 Å². The minimum Gasteiger partial charge on any atom is -0.372 e. The lowest BCUT2D eigenvalue weighted by Crippen LogP contribution is -2.25. The molecule has 2 aliphatic rings. The first kappa shape index (κ1) is 12.6. The fraction of sp³-hybridized carbons (Fsp3) is 0.692. The Balaban J connectivity index is 2.06. The number of halogens is 1. The van der Waals surface area contributed by atoms with Crippen molar-refractivity contribution in [3.63, 3.8) is 0 Å². The van der Waals surface area contributed by atoms with Gasteiger partial charge in [-0.2, -0.15) is 0 Å². The van der Waals surface area contributed by atoms with Crippen LogP contribution in [-0.2, 0) is 10.3 Å². The number of ether oxygens (including phenoxy) is 1. The van der Waals surface area contributed by atoms with Crippen molar-refractivity contribution in [2.24, 2.45) is 0 Å². The average Bonchev–Trinajstić information content (AvgIpc) is 3.12. The predicted molar refractivity (Wildman–Crippen MR) is 78.8 cm³/mol. The maximum Gasteiger partial charge on any atom is 0.162 e. The summed E-state index contributed by atoms with van der Waals surface area (Å²) in [6.07, 6.45) is 4.63. The highest BCUT2D eigenvalue weighted by atomic mass is 127. The van der Waals surface area contributed by atoms with Gasteiger partial charge in [0.15, 0.2) is 5.82 Å². The van der Waals surface area contributed by atoms with Crippen LogP contribution in [0.2, 0.25) is 0 Å². The Morgan fingerprint density at radius 2 is 2.17 bits per heavy atom. The van der Waals surface area contributed by atoms with Crippen molar-refractivity contribution in [2.75, 3.05) is 19.0 Å². The van der Waals surface area contributed by atoms with Crippen LogP contribution in [0.3, 0.4) is 0 Å². The molecule has 1 unspecified atom stereocenters. The number of nitrogens with zero attached hydrogens (tertiary/aromatic N) is 2. The zero-order chi connectivity index (χ0) is 12.8. The second-order valence-corrected chi connectivity index (χ2v) is 6.38. The van der Waals surface area contributed by atoms with Crippen molar-refractivity contribution in [2.45, 2.75) is 44.1 Å². The number of aromatic nitrogens is 2. The number of nitrogens with one attached hydrogen (secondary N) is 1. The van der Waals surface area contributed by atoms with E-state index in [0.29, 0.717) is 5.92 Å². The maximum absolute atomic E-state index is 5.87. The highest BCUT2D eigenvalue weighted by Gasteiger charge is 2.37. The van der Waals surface area contributed by atoms with E-state index in [1.807, 2.05) is 7.05 Å². The summed E-state index contributed by atoms with van der Waals surface area (Å²) in [4.78, 5) is 9.47. The van der Waals surface area contributed by atoms with Gasteiger partial charge in [0, 0.05) is 19.6 Å². The van der Waals surface area contributed by atoms with Gasteiger partial charge in [-0.1, -0.05) is 0 Å². The summed E-state index contributed by atoms with van der Waals surface area (Å²) in [5.74, 6) is 2.43. The Kier molecular flexibility index (Phi) is 3.21. The lowest BCUT2D eigenvalue weighted by molar-refractivity contribution is 0.00923. The first-order valence-corrected chi connectivity index (χ1v) is 7.61. The van der Waals surface area contributed by atoms with Crippen LogP contribution in [-0.4, -0.2) is 23.6 Å². The van der Waals surface area contributed by atoms with Crippen LogP contribution in [0.25, 0.3) is 0 Å². The summed E-state index contributed by atoms with van der Waals surface area (Å²) in [5.41, 5.74) is 0.918. The minimum absolute atomic E-state index is 0.292. The molecule has 0 amide bonds. The lowest BCUT2D eigenvalue weighted by Gasteiger charge is -2.23. The highest BCUT2D eigenvalue weighted by molar-refractivity contribution is 14.1. The van der Waals surface area contributed by atoms with Crippen molar-refractivity contribution in [1.82, 2.24) is 9.97 Å². The van der Waals surface area contributed by atoms with Crippen LogP contribution in [0.4, 0.5) is 5.82 Å². The van der Waals surface area contributed by atoms with Gasteiger partial charge in [0.05, 0.1) is 9.26 Å². The SMILES string of the molecule is CNc1nc(C2(C)CCCO2)nc(C2CC2)c1I. The van der Waals surface area contributed by atoms with E-state index in [2.05, 4.69) is 39.8 Å². The first-order valence-electron chi connectivity index (χ1n) is 6.53. The van der Waals surface area contributed by atoms with Crippen LogP contribution in [0.5, 0.6) is 0 Å². The predicted octanol–water partition coefficient (Wildman–Crippen LogP) is 3.03. The van der Waals surface area contributed by atoms with Crippen molar-refractivity contribution >= 4 is 28.4 Å². The molecule has 0 bridgehead atoms. The van der Waals surface area contributed by atoms with Crippen LogP contribution in [0.1, 0.15) is 50.0 Å². The molecular formula is C13H18IN3O. The molecular weight excluding hydrogens is 341 g/mol. The molecule has 98 valence electrons. The van der Waals surface area contributed by atoms with E-state index < -0.39 is 0 Å². The molecule has 1 aliphatic heterocycles. The molecule has 0 aromatic carbocycles. The van der Waals surface area contributed by atoms with Gasteiger partial charge in [0.1, 0.15) is 11.4 Å². The first-order chi connectivity index (χ1) is 8.64. The molecule has 1 N–H and O–H groups in total. The fourth-order valence-corrected chi connectivity index (χ4v) is 3.40. The second-order valence-electron chi connectivity index (χ2n) is 5.30. The molecule has 1 saturated carbocycles. The molecule has 18 heavy (non-hydrogen) atoms. The quantitative estimate of drug-likeness (QED) is 0.843. The molecule has 1 aromatic rings. The standard InChI is InChI=1S/C13H18IN3O/c1-13(6-3-7-18-13)12-16-10(8-4-5-8)9(14)11(15-2)17-12/h8H,3-7H2,1-2H3,(H,15,16,17). The Morgan fingerprint density at radius 3 is 2.72 bits per heavy atom. The number of hydrogen-bond donors (Lipinski definition) is 1. The summed E-state index contributed by atoms with van der Waals surface area (Å²) >= 11 is 2.35. The molecule has 4 nitrogen and oxygen atoms in total. The monoisotopic (exact) mass is 359 g/mol. The van der Waals surface area contributed by atoms with Crippen molar-refractivity contribution in [3.8, 4) is 0 Å². The van der Waals surface area contributed by atoms with Gasteiger partial charge < -0.3 is 10.1 Å². The number of hydrogen-bond acceptors (Lipinski definition) is 4. The number of rotatable bonds is 3. The minimum atomic E-state index is -0.292. The molecule has 2 fully saturated rings. The van der Waals surface area contributed by atoms with Gasteiger partial charge in [-0.15, -0.1) is 0 Å². The second kappa shape index (κ2) is 4.59. The van der Waals surface area contributed by atoms with E-state index >= 15 is 0 Å².